The van der Waals surface area contributed by atoms with Gasteiger partial charge in [-0.15, -0.1) is 0 Å². The molecule has 5 heteroatoms. The van der Waals surface area contributed by atoms with Crippen molar-refractivity contribution < 1.29 is 19.1 Å². The summed E-state index contributed by atoms with van der Waals surface area (Å²) in [7, 11) is 0. The SMILES string of the molecule is O=C(CCc1c[nH]c(C(=O)OCc2ccccc2)c1)OCc1ccccc1. The summed E-state index contributed by atoms with van der Waals surface area (Å²) in [6, 6.07) is 20.7. The predicted octanol–water partition coefficient (Wildman–Crippen LogP) is 4.05. The van der Waals surface area contributed by atoms with E-state index in [1.165, 1.54) is 0 Å². The maximum absolute atomic E-state index is 12.1. The number of hydrogen-bond donors (Lipinski definition) is 1. The maximum Gasteiger partial charge on any atom is 0.355 e. The average molecular weight is 363 g/mol. The third-order valence-electron chi connectivity index (χ3n) is 4.04. The molecule has 0 aliphatic heterocycles. The summed E-state index contributed by atoms with van der Waals surface area (Å²) >= 11 is 0. The Balaban J connectivity index is 1.42. The molecule has 27 heavy (non-hydrogen) atoms. The van der Waals surface area contributed by atoms with Crippen LogP contribution in [0.25, 0.3) is 0 Å². The van der Waals surface area contributed by atoms with E-state index in [0.29, 0.717) is 12.1 Å². The van der Waals surface area contributed by atoms with Crippen molar-refractivity contribution in [2.75, 3.05) is 0 Å². The molecule has 5 nitrogen and oxygen atoms in total. The number of esters is 2. The van der Waals surface area contributed by atoms with Crippen molar-refractivity contribution >= 4 is 11.9 Å². The summed E-state index contributed by atoms with van der Waals surface area (Å²) in [4.78, 5) is 26.8. The number of aromatic nitrogens is 1. The fraction of sp³-hybridized carbons (Fsp3) is 0.182. The van der Waals surface area contributed by atoms with Crippen LogP contribution in [0.4, 0.5) is 0 Å². The minimum absolute atomic E-state index is 0.222. The standard InChI is InChI=1S/C22H21NO4/c24-21(26-15-17-7-3-1-4-8-17)12-11-19-13-20(23-14-19)22(25)27-16-18-9-5-2-6-10-18/h1-10,13-14,23H,11-12,15-16H2. The zero-order chi connectivity index (χ0) is 18.9. The van der Waals surface area contributed by atoms with Crippen LogP contribution in [0.3, 0.4) is 0 Å². The first-order chi connectivity index (χ1) is 13.2. The molecule has 1 N–H and O–H groups in total. The fourth-order valence-electron chi connectivity index (χ4n) is 2.56. The largest absolute Gasteiger partial charge is 0.461 e. The van der Waals surface area contributed by atoms with Crippen LogP contribution in [-0.4, -0.2) is 16.9 Å². The van der Waals surface area contributed by atoms with Crippen LogP contribution in [0.2, 0.25) is 0 Å². The van der Waals surface area contributed by atoms with Crippen molar-refractivity contribution in [3.8, 4) is 0 Å². The second-order valence-corrected chi connectivity index (χ2v) is 6.13. The van der Waals surface area contributed by atoms with E-state index in [1.54, 1.807) is 12.3 Å². The third-order valence-corrected chi connectivity index (χ3v) is 4.04. The Labute approximate surface area is 157 Å². The molecule has 0 saturated carbocycles. The molecular formula is C22H21NO4. The molecule has 0 saturated heterocycles. The quantitative estimate of drug-likeness (QED) is 0.613. The Morgan fingerprint density at radius 3 is 2.00 bits per heavy atom. The zero-order valence-corrected chi connectivity index (χ0v) is 14.9. The highest BCUT2D eigenvalue weighted by molar-refractivity contribution is 5.87. The van der Waals surface area contributed by atoms with Crippen molar-refractivity contribution in [3.05, 3.63) is 95.3 Å². The molecule has 1 heterocycles. The number of benzene rings is 2. The van der Waals surface area contributed by atoms with Gasteiger partial charge in [-0.05, 0) is 29.2 Å². The summed E-state index contributed by atoms with van der Waals surface area (Å²) in [6.07, 6.45) is 2.46. The highest BCUT2D eigenvalue weighted by Crippen LogP contribution is 2.10. The van der Waals surface area contributed by atoms with Gasteiger partial charge in [-0.2, -0.15) is 0 Å². The lowest BCUT2D eigenvalue weighted by atomic mass is 10.2. The van der Waals surface area contributed by atoms with Gasteiger partial charge in [0, 0.05) is 12.6 Å². The first kappa shape index (κ1) is 18.5. The van der Waals surface area contributed by atoms with Crippen molar-refractivity contribution in [3.63, 3.8) is 0 Å². The highest BCUT2D eigenvalue weighted by Gasteiger charge is 2.12. The lowest BCUT2D eigenvalue weighted by molar-refractivity contribution is -0.144. The van der Waals surface area contributed by atoms with Crippen LogP contribution >= 0.6 is 0 Å². The summed E-state index contributed by atoms with van der Waals surface area (Å²) in [5, 5.41) is 0. The van der Waals surface area contributed by atoms with Crippen LogP contribution < -0.4 is 0 Å². The van der Waals surface area contributed by atoms with Crippen LogP contribution in [0, 0.1) is 0 Å². The number of nitrogens with one attached hydrogen (secondary N) is 1. The van der Waals surface area contributed by atoms with E-state index in [-0.39, 0.29) is 25.6 Å². The van der Waals surface area contributed by atoms with Crippen LogP contribution in [0.1, 0.15) is 33.6 Å². The van der Waals surface area contributed by atoms with Gasteiger partial charge in [-0.3, -0.25) is 4.79 Å². The number of hydrogen-bond acceptors (Lipinski definition) is 4. The summed E-state index contributed by atoms with van der Waals surface area (Å²) in [6.45, 7) is 0.490. The number of rotatable bonds is 8. The first-order valence-corrected chi connectivity index (χ1v) is 8.78. The molecule has 0 bridgehead atoms. The van der Waals surface area contributed by atoms with Gasteiger partial charge in [-0.1, -0.05) is 60.7 Å². The average Bonchev–Trinajstić information content (AvgIpc) is 3.20. The number of carbonyl (C=O) groups excluding carboxylic acids is 2. The van der Waals surface area contributed by atoms with Crippen LogP contribution in [-0.2, 0) is 33.9 Å². The fourth-order valence-corrected chi connectivity index (χ4v) is 2.56. The number of H-pyrrole nitrogens is 1. The molecule has 0 aliphatic rings. The van der Waals surface area contributed by atoms with Crippen molar-refractivity contribution in [1.82, 2.24) is 4.98 Å². The summed E-state index contributed by atoms with van der Waals surface area (Å²) in [5.41, 5.74) is 3.12. The molecule has 0 radical (unpaired) electrons. The van der Waals surface area contributed by atoms with Gasteiger partial charge in [-0.25, -0.2) is 4.79 Å². The minimum atomic E-state index is -0.420. The number of aromatic amines is 1. The predicted molar refractivity (Wildman–Crippen MR) is 101 cm³/mol. The number of ether oxygens (including phenoxy) is 2. The Kier molecular flexibility index (Phi) is 6.41. The molecule has 0 aliphatic carbocycles. The molecular weight excluding hydrogens is 342 g/mol. The van der Waals surface area contributed by atoms with Gasteiger partial charge in [0.15, 0.2) is 0 Å². The van der Waals surface area contributed by atoms with Crippen LogP contribution in [0.15, 0.2) is 72.9 Å². The minimum Gasteiger partial charge on any atom is -0.461 e. The van der Waals surface area contributed by atoms with Gasteiger partial charge in [0.2, 0.25) is 0 Å². The first-order valence-electron chi connectivity index (χ1n) is 8.78. The molecule has 0 fully saturated rings. The van der Waals surface area contributed by atoms with Gasteiger partial charge < -0.3 is 14.5 Å². The normalized spacial score (nSPS) is 10.4. The Morgan fingerprint density at radius 1 is 0.778 bits per heavy atom. The highest BCUT2D eigenvalue weighted by atomic mass is 16.5. The van der Waals surface area contributed by atoms with Crippen LogP contribution in [0.5, 0.6) is 0 Å². The molecule has 0 atom stereocenters. The lowest BCUT2D eigenvalue weighted by Crippen LogP contribution is -2.06. The van der Waals surface area contributed by atoms with Crippen molar-refractivity contribution in [2.45, 2.75) is 26.1 Å². The third kappa shape index (κ3) is 5.85. The van der Waals surface area contributed by atoms with E-state index >= 15 is 0 Å². The van der Waals surface area contributed by atoms with E-state index in [0.717, 1.165) is 16.7 Å². The van der Waals surface area contributed by atoms with Gasteiger partial charge in [0.05, 0.1) is 0 Å². The molecule has 138 valence electrons. The molecule has 3 rings (SSSR count). The monoisotopic (exact) mass is 363 g/mol. The van der Waals surface area contributed by atoms with E-state index < -0.39 is 5.97 Å². The van der Waals surface area contributed by atoms with E-state index in [9.17, 15) is 9.59 Å². The summed E-state index contributed by atoms with van der Waals surface area (Å²) in [5.74, 6) is -0.690. The Hall–Kier alpha value is -3.34. The number of aryl methyl sites for hydroxylation is 1. The van der Waals surface area contributed by atoms with Crippen molar-refractivity contribution in [1.29, 1.82) is 0 Å². The maximum atomic E-state index is 12.1. The Bertz CT molecular complexity index is 872. The molecule has 0 amide bonds. The topological polar surface area (TPSA) is 68.4 Å². The molecule has 3 aromatic rings. The second-order valence-electron chi connectivity index (χ2n) is 6.13. The molecule has 0 unspecified atom stereocenters. The zero-order valence-electron chi connectivity index (χ0n) is 14.9. The van der Waals surface area contributed by atoms with E-state index in [4.69, 9.17) is 9.47 Å². The lowest BCUT2D eigenvalue weighted by Gasteiger charge is -2.04. The van der Waals surface area contributed by atoms with Gasteiger partial charge in [0.1, 0.15) is 18.9 Å². The molecule has 0 spiro atoms. The Morgan fingerprint density at radius 2 is 1.37 bits per heavy atom. The number of carbonyl (C=O) groups is 2. The molecule has 1 aromatic heterocycles. The van der Waals surface area contributed by atoms with Gasteiger partial charge in [0.25, 0.3) is 0 Å². The molecule has 2 aromatic carbocycles. The smallest absolute Gasteiger partial charge is 0.355 e. The van der Waals surface area contributed by atoms with Crippen molar-refractivity contribution in [2.24, 2.45) is 0 Å². The summed E-state index contributed by atoms with van der Waals surface area (Å²) < 4.78 is 10.5. The van der Waals surface area contributed by atoms with E-state index in [2.05, 4.69) is 4.98 Å². The van der Waals surface area contributed by atoms with E-state index in [1.807, 2.05) is 60.7 Å². The van der Waals surface area contributed by atoms with Gasteiger partial charge >= 0.3 is 11.9 Å². The second kappa shape index (κ2) is 9.38.